The topological polar surface area (TPSA) is 90.7 Å². The molecule has 0 aliphatic heterocycles. The van der Waals surface area contributed by atoms with E-state index in [9.17, 15) is 8.42 Å². The summed E-state index contributed by atoms with van der Waals surface area (Å²) < 4.78 is 43.7. The summed E-state index contributed by atoms with van der Waals surface area (Å²) in [4.78, 5) is 0. The first-order chi connectivity index (χ1) is 12.4. The molecule has 0 amide bonds. The van der Waals surface area contributed by atoms with Gasteiger partial charge in [-0.05, 0) is 37.5 Å². The predicted molar refractivity (Wildman–Crippen MR) is 98.6 cm³/mol. The third kappa shape index (κ3) is 5.47. The van der Waals surface area contributed by atoms with Gasteiger partial charge in [0.1, 0.15) is 12.0 Å². The molecule has 1 aromatic heterocycles. The Kier molecular flexibility index (Phi) is 7.05. The van der Waals surface area contributed by atoms with E-state index in [1.165, 1.54) is 12.3 Å². The molecule has 1 aromatic carbocycles. The van der Waals surface area contributed by atoms with Gasteiger partial charge in [0.2, 0.25) is 10.0 Å². The zero-order valence-electron chi connectivity index (χ0n) is 15.6. The van der Waals surface area contributed by atoms with E-state index in [-0.39, 0.29) is 11.7 Å². The highest BCUT2D eigenvalue weighted by Gasteiger charge is 2.24. The van der Waals surface area contributed by atoms with Crippen LogP contribution in [-0.2, 0) is 15.8 Å². The van der Waals surface area contributed by atoms with Crippen LogP contribution in [0.15, 0.2) is 35.1 Å². The Balaban J connectivity index is 2.27. The second kappa shape index (κ2) is 9.05. The second-order valence-electron chi connectivity index (χ2n) is 6.16. The van der Waals surface area contributed by atoms with Crippen LogP contribution in [0.5, 0.6) is 11.5 Å². The molecule has 8 heteroatoms. The van der Waals surface area contributed by atoms with Crippen molar-refractivity contribution in [1.29, 1.82) is 0 Å². The number of nitrogens with one attached hydrogen (secondary N) is 1. The average molecular weight is 382 g/mol. The Hall–Kier alpha value is -2.06. The fourth-order valence-corrected chi connectivity index (χ4v) is 4.01. The number of rotatable bonds is 10. The zero-order valence-corrected chi connectivity index (χ0v) is 16.4. The first-order valence-corrected chi connectivity index (χ1v) is 10.3. The SMILES string of the molecule is CCOc1ccc(C(NS(=O)(=O)Cc2ccon2)C(C)C)cc1OCC. The summed E-state index contributed by atoms with van der Waals surface area (Å²) >= 11 is 0. The predicted octanol–water partition coefficient (Wildman–Crippen LogP) is 3.29. The van der Waals surface area contributed by atoms with Gasteiger partial charge in [-0.2, -0.15) is 0 Å². The molecule has 1 unspecified atom stereocenters. The molecule has 0 aliphatic rings. The van der Waals surface area contributed by atoms with E-state index in [4.69, 9.17) is 14.0 Å². The average Bonchev–Trinajstić information content (AvgIpc) is 3.07. The van der Waals surface area contributed by atoms with Gasteiger partial charge in [-0.1, -0.05) is 25.1 Å². The number of ether oxygens (including phenoxy) is 2. The Morgan fingerprint density at radius 2 is 1.81 bits per heavy atom. The van der Waals surface area contributed by atoms with Gasteiger partial charge < -0.3 is 14.0 Å². The minimum atomic E-state index is -3.59. The van der Waals surface area contributed by atoms with E-state index < -0.39 is 16.1 Å². The first kappa shape index (κ1) is 20.3. The monoisotopic (exact) mass is 382 g/mol. The number of sulfonamides is 1. The minimum absolute atomic E-state index is 0.0366. The van der Waals surface area contributed by atoms with E-state index in [0.717, 1.165) is 5.56 Å². The Morgan fingerprint density at radius 3 is 2.38 bits per heavy atom. The maximum atomic E-state index is 12.5. The molecule has 0 bridgehead atoms. The van der Waals surface area contributed by atoms with Crippen LogP contribution >= 0.6 is 0 Å². The van der Waals surface area contributed by atoms with Crippen LogP contribution in [0.4, 0.5) is 0 Å². The van der Waals surface area contributed by atoms with Crippen LogP contribution in [0.2, 0.25) is 0 Å². The summed E-state index contributed by atoms with van der Waals surface area (Å²) in [6, 6.07) is 6.63. The van der Waals surface area contributed by atoms with E-state index in [2.05, 4.69) is 9.88 Å². The quantitative estimate of drug-likeness (QED) is 0.678. The fraction of sp³-hybridized carbons (Fsp3) is 0.500. The van der Waals surface area contributed by atoms with Crippen molar-refractivity contribution in [1.82, 2.24) is 9.88 Å². The molecule has 2 rings (SSSR count). The summed E-state index contributed by atoms with van der Waals surface area (Å²) in [5, 5.41) is 3.67. The van der Waals surface area contributed by atoms with Crippen molar-refractivity contribution in [2.75, 3.05) is 13.2 Å². The van der Waals surface area contributed by atoms with E-state index in [1.54, 1.807) is 0 Å². The molecule has 7 nitrogen and oxygen atoms in total. The Labute approximate surface area is 154 Å². The molecule has 0 radical (unpaired) electrons. The van der Waals surface area contributed by atoms with Crippen molar-refractivity contribution in [2.45, 2.75) is 39.5 Å². The molecule has 0 spiro atoms. The number of aromatic nitrogens is 1. The van der Waals surface area contributed by atoms with Crippen molar-refractivity contribution >= 4 is 10.0 Å². The van der Waals surface area contributed by atoms with Crippen LogP contribution in [0.25, 0.3) is 0 Å². The third-order valence-electron chi connectivity index (χ3n) is 3.73. The van der Waals surface area contributed by atoms with E-state index >= 15 is 0 Å². The van der Waals surface area contributed by atoms with Gasteiger partial charge in [0.05, 0.1) is 18.9 Å². The molecule has 1 N–H and O–H groups in total. The summed E-state index contributed by atoms with van der Waals surface area (Å²) in [6.45, 7) is 8.73. The second-order valence-corrected chi connectivity index (χ2v) is 7.92. The summed E-state index contributed by atoms with van der Waals surface area (Å²) in [7, 11) is -3.59. The molecule has 1 atom stereocenters. The van der Waals surface area contributed by atoms with Crippen LogP contribution in [0.1, 0.15) is 45.0 Å². The van der Waals surface area contributed by atoms with Crippen LogP contribution < -0.4 is 14.2 Å². The maximum Gasteiger partial charge on any atom is 0.218 e. The lowest BCUT2D eigenvalue weighted by Gasteiger charge is -2.24. The minimum Gasteiger partial charge on any atom is -0.490 e. The zero-order chi connectivity index (χ0) is 19.2. The highest BCUT2D eigenvalue weighted by atomic mass is 32.2. The van der Waals surface area contributed by atoms with E-state index in [0.29, 0.717) is 30.4 Å². The van der Waals surface area contributed by atoms with Crippen molar-refractivity contribution in [2.24, 2.45) is 5.92 Å². The Morgan fingerprint density at radius 1 is 1.12 bits per heavy atom. The van der Waals surface area contributed by atoms with Crippen LogP contribution in [0, 0.1) is 5.92 Å². The van der Waals surface area contributed by atoms with Crippen molar-refractivity contribution < 1.29 is 22.4 Å². The standard InChI is InChI=1S/C18H26N2O5S/c1-5-23-16-8-7-14(11-17(16)24-6-2)18(13(3)4)20-26(21,22)12-15-9-10-25-19-15/h7-11,13,18,20H,5-6,12H2,1-4H3. The molecule has 0 saturated heterocycles. The smallest absolute Gasteiger partial charge is 0.218 e. The molecular weight excluding hydrogens is 356 g/mol. The lowest BCUT2D eigenvalue weighted by atomic mass is 9.97. The number of benzene rings is 1. The van der Waals surface area contributed by atoms with Gasteiger partial charge in [-0.25, -0.2) is 13.1 Å². The first-order valence-electron chi connectivity index (χ1n) is 8.65. The molecule has 2 aromatic rings. The number of hydrogen-bond donors (Lipinski definition) is 1. The summed E-state index contributed by atoms with van der Waals surface area (Å²) in [5.74, 6) is 1.05. The number of nitrogens with zero attached hydrogens (tertiary/aromatic N) is 1. The molecule has 0 fully saturated rings. The van der Waals surface area contributed by atoms with Gasteiger partial charge in [0, 0.05) is 12.1 Å². The normalized spacial score (nSPS) is 13.0. The largest absolute Gasteiger partial charge is 0.490 e. The molecule has 0 aliphatic carbocycles. The maximum absolute atomic E-state index is 12.5. The van der Waals surface area contributed by atoms with Crippen LogP contribution in [-0.4, -0.2) is 26.8 Å². The van der Waals surface area contributed by atoms with Crippen molar-refractivity contribution in [3.63, 3.8) is 0 Å². The highest BCUT2D eigenvalue weighted by molar-refractivity contribution is 7.88. The lowest BCUT2D eigenvalue weighted by Crippen LogP contribution is -2.32. The van der Waals surface area contributed by atoms with Gasteiger partial charge >= 0.3 is 0 Å². The molecular formula is C18H26N2O5S. The summed E-state index contributed by atoms with van der Waals surface area (Å²) in [5.41, 5.74) is 1.18. The van der Waals surface area contributed by atoms with Crippen molar-refractivity contribution in [3.05, 3.63) is 41.8 Å². The third-order valence-corrected chi connectivity index (χ3v) is 5.02. The summed E-state index contributed by atoms with van der Waals surface area (Å²) in [6.07, 6.45) is 1.35. The molecule has 26 heavy (non-hydrogen) atoms. The highest BCUT2D eigenvalue weighted by Crippen LogP contribution is 2.33. The fourth-order valence-electron chi connectivity index (χ4n) is 2.59. The number of hydrogen-bond acceptors (Lipinski definition) is 6. The van der Waals surface area contributed by atoms with Gasteiger partial charge in [-0.3, -0.25) is 0 Å². The molecule has 144 valence electrons. The van der Waals surface area contributed by atoms with Gasteiger partial charge in [0.25, 0.3) is 0 Å². The molecule has 1 heterocycles. The van der Waals surface area contributed by atoms with Crippen LogP contribution in [0.3, 0.4) is 0 Å². The van der Waals surface area contributed by atoms with Gasteiger partial charge in [-0.15, -0.1) is 0 Å². The Bertz CT molecular complexity index is 788. The van der Waals surface area contributed by atoms with Gasteiger partial charge in [0.15, 0.2) is 11.5 Å². The molecule has 0 saturated carbocycles. The van der Waals surface area contributed by atoms with E-state index in [1.807, 2.05) is 45.9 Å². The van der Waals surface area contributed by atoms with Crippen molar-refractivity contribution in [3.8, 4) is 11.5 Å². The lowest BCUT2D eigenvalue weighted by molar-refractivity contribution is 0.287.